The SMILES string of the molecule is COc1ccc2c(Cc3ccc(OCCC4CCCN4)cc3)c(-c3ccc(Cl)cc3Cl)c(=O)oc2c1. The molecule has 0 spiro atoms. The number of fused-ring (bicyclic) bond motifs is 1. The standard InChI is InChI=1S/C29H27Cl2NO4/c1-34-22-9-11-23-25(15-18-4-7-21(8-5-18)35-14-12-20-3-2-13-32-20)28(29(33)36-27(23)17-22)24-10-6-19(30)16-26(24)31/h4-11,16-17,20,32H,2-3,12-15H2,1H3. The summed E-state index contributed by atoms with van der Waals surface area (Å²) in [4.78, 5) is 13.2. The first-order chi connectivity index (χ1) is 17.5. The van der Waals surface area contributed by atoms with E-state index in [4.69, 9.17) is 37.1 Å². The van der Waals surface area contributed by atoms with Crippen molar-refractivity contribution in [1.29, 1.82) is 0 Å². The Hall–Kier alpha value is -2.99. The molecule has 1 aliphatic rings. The lowest BCUT2D eigenvalue weighted by Gasteiger charge is -2.15. The fourth-order valence-electron chi connectivity index (χ4n) is 4.75. The van der Waals surface area contributed by atoms with Gasteiger partial charge >= 0.3 is 5.63 Å². The molecule has 5 nitrogen and oxygen atoms in total. The molecule has 1 aromatic heterocycles. The fraction of sp³-hybridized carbons (Fsp3) is 0.276. The zero-order valence-electron chi connectivity index (χ0n) is 20.0. The van der Waals surface area contributed by atoms with Crippen molar-refractivity contribution in [2.45, 2.75) is 31.7 Å². The first-order valence-electron chi connectivity index (χ1n) is 12.1. The van der Waals surface area contributed by atoms with Crippen molar-refractivity contribution >= 4 is 34.2 Å². The topological polar surface area (TPSA) is 60.7 Å². The highest BCUT2D eigenvalue weighted by molar-refractivity contribution is 6.36. The predicted octanol–water partition coefficient (Wildman–Crippen LogP) is 6.89. The quantitative estimate of drug-likeness (QED) is 0.255. The summed E-state index contributed by atoms with van der Waals surface area (Å²) in [7, 11) is 1.58. The van der Waals surface area contributed by atoms with E-state index in [-0.39, 0.29) is 0 Å². The van der Waals surface area contributed by atoms with Crippen molar-refractivity contribution in [2.75, 3.05) is 20.3 Å². The number of nitrogens with one attached hydrogen (secondary N) is 1. The van der Waals surface area contributed by atoms with Crippen molar-refractivity contribution in [3.8, 4) is 22.6 Å². The number of benzene rings is 3. The number of halogens is 2. The maximum Gasteiger partial charge on any atom is 0.344 e. The van der Waals surface area contributed by atoms with Gasteiger partial charge in [0.2, 0.25) is 0 Å². The molecule has 5 rings (SSSR count). The van der Waals surface area contributed by atoms with Gasteiger partial charge < -0.3 is 19.2 Å². The van der Waals surface area contributed by atoms with E-state index in [9.17, 15) is 4.79 Å². The van der Waals surface area contributed by atoms with E-state index in [1.807, 2.05) is 36.4 Å². The summed E-state index contributed by atoms with van der Waals surface area (Å²) >= 11 is 12.6. The Morgan fingerprint density at radius 1 is 1.03 bits per heavy atom. The van der Waals surface area contributed by atoms with Gasteiger partial charge in [-0.15, -0.1) is 0 Å². The van der Waals surface area contributed by atoms with E-state index in [2.05, 4.69) is 5.32 Å². The molecule has 3 aromatic carbocycles. The highest BCUT2D eigenvalue weighted by Gasteiger charge is 2.20. The van der Waals surface area contributed by atoms with Gasteiger partial charge in [0.1, 0.15) is 17.1 Å². The van der Waals surface area contributed by atoms with Gasteiger partial charge in [0, 0.05) is 28.1 Å². The van der Waals surface area contributed by atoms with Gasteiger partial charge in [0.05, 0.1) is 24.3 Å². The van der Waals surface area contributed by atoms with Gasteiger partial charge in [0.15, 0.2) is 0 Å². The molecule has 1 unspecified atom stereocenters. The zero-order chi connectivity index (χ0) is 25.1. The Kier molecular flexibility index (Phi) is 7.51. The van der Waals surface area contributed by atoms with E-state index in [0.29, 0.717) is 51.6 Å². The Morgan fingerprint density at radius 2 is 1.83 bits per heavy atom. The summed E-state index contributed by atoms with van der Waals surface area (Å²) in [6.45, 7) is 1.78. The van der Waals surface area contributed by atoms with Gasteiger partial charge in [-0.3, -0.25) is 0 Å². The average Bonchev–Trinajstić information content (AvgIpc) is 3.39. The normalized spacial score (nSPS) is 15.4. The van der Waals surface area contributed by atoms with Crippen LogP contribution in [-0.2, 0) is 6.42 Å². The number of methoxy groups -OCH3 is 1. The third-order valence-corrected chi connectivity index (χ3v) is 7.17. The molecule has 2 heterocycles. The molecule has 0 bridgehead atoms. The third kappa shape index (κ3) is 5.39. The number of hydrogen-bond donors (Lipinski definition) is 1. The highest BCUT2D eigenvalue weighted by atomic mass is 35.5. The minimum atomic E-state index is -0.463. The van der Waals surface area contributed by atoms with Gasteiger partial charge in [-0.25, -0.2) is 4.79 Å². The molecular weight excluding hydrogens is 497 g/mol. The Morgan fingerprint density at radius 3 is 2.56 bits per heavy atom. The molecule has 1 saturated heterocycles. The van der Waals surface area contributed by atoms with E-state index < -0.39 is 5.63 Å². The van der Waals surface area contributed by atoms with Gasteiger partial charge in [-0.1, -0.05) is 41.4 Å². The maximum absolute atomic E-state index is 13.2. The summed E-state index contributed by atoms with van der Waals surface area (Å²) in [5, 5.41) is 5.21. The van der Waals surface area contributed by atoms with E-state index in [1.165, 1.54) is 12.8 Å². The van der Waals surface area contributed by atoms with Crippen molar-refractivity contribution in [3.05, 3.63) is 92.3 Å². The monoisotopic (exact) mass is 523 g/mol. The van der Waals surface area contributed by atoms with Crippen molar-refractivity contribution in [2.24, 2.45) is 0 Å². The summed E-state index contributed by atoms with van der Waals surface area (Å²) < 4.78 is 17.0. The molecular formula is C29H27Cl2NO4. The summed E-state index contributed by atoms with van der Waals surface area (Å²) in [5.41, 5.74) is 2.88. The first kappa shape index (κ1) is 24.7. The van der Waals surface area contributed by atoms with Gasteiger partial charge in [-0.2, -0.15) is 0 Å². The Balaban J connectivity index is 1.48. The van der Waals surface area contributed by atoms with Crippen molar-refractivity contribution < 1.29 is 13.9 Å². The summed E-state index contributed by atoms with van der Waals surface area (Å²) in [5.74, 6) is 1.45. The first-order valence-corrected chi connectivity index (χ1v) is 12.8. The molecule has 1 fully saturated rings. The van der Waals surface area contributed by atoms with Crippen LogP contribution in [-0.4, -0.2) is 26.3 Å². The van der Waals surface area contributed by atoms with Gasteiger partial charge in [-0.05, 0) is 79.8 Å². The molecule has 0 aliphatic carbocycles. The Labute approximate surface area is 219 Å². The van der Waals surface area contributed by atoms with Crippen LogP contribution in [0.4, 0.5) is 0 Å². The van der Waals surface area contributed by atoms with Crippen LogP contribution < -0.4 is 20.4 Å². The lowest BCUT2D eigenvalue weighted by Crippen LogP contribution is -2.23. The molecule has 0 amide bonds. The number of rotatable bonds is 8. The minimum Gasteiger partial charge on any atom is -0.497 e. The molecule has 36 heavy (non-hydrogen) atoms. The molecule has 0 radical (unpaired) electrons. The van der Waals surface area contributed by atoms with Crippen LogP contribution in [0.3, 0.4) is 0 Å². The maximum atomic E-state index is 13.2. The Bertz CT molecular complexity index is 1430. The second kappa shape index (κ2) is 11.0. The van der Waals surface area contributed by atoms with Crippen molar-refractivity contribution in [3.63, 3.8) is 0 Å². The molecule has 186 valence electrons. The van der Waals surface area contributed by atoms with Crippen LogP contribution in [0.5, 0.6) is 11.5 Å². The predicted molar refractivity (Wildman–Crippen MR) is 145 cm³/mol. The van der Waals surface area contributed by atoms with E-state index in [1.54, 1.807) is 31.4 Å². The molecule has 0 saturated carbocycles. The van der Waals surface area contributed by atoms with Crippen LogP contribution in [0.2, 0.25) is 10.0 Å². The second-order valence-electron chi connectivity index (χ2n) is 8.98. The smallest absolute Gasteiger partial charge is 0.344 e. The summed E-state index contributed by atoms with van der Waals surface area (Å²) in [6.07, 6.45) is 3.96. The van der Waals surface area contributed by atoms with E-state index >= 15 is 0 Å². The van der Waals surface area contributed by atoms with Crippen LogP contribution in [0.25, 0.3) is 22.1 Å². The van der Waals surface area contributed by atoms with Crippen LogP contribution in [0.15, 0.2) is 69.9 Å². The molecule has 1 aliphatic heterocycles. The van der Waals surface area contributed by atoms with E-state index in [0.717, 1.165) is 35.2 Å². The minimum absolute atomic E-state index is 0.393. The van der Waals surface area contributed by atoms with Crippen molar-refractivity contribution in [1.82, 2.24) is 5.32 Å². The largest absolute Gasteiger partial charge is 0.497 e. The highest BCUT2D eigenvalue weighted by Crippen LogP contribution is 2.35. The lowest BCUT2D eigenvalue weighted by atomic mass is 9.93. The van der Waals surface area contributed by atoms with Crippen LogP contribution in [0, 0.1) is 0 Å². The summed E-state index contributed by atoms with van der Waals surface area (Å²) in [6, 6.07) is 19.2. The number of ether oxygens (including phenoxy) is 2. The fourth-order valence-corrected chi connectivity index (χ4v) is 5.25. The van der Waals surface area contributed by atoms with Gasteiger partial charge in [0.25, 0.3) is 0 Å². The molecule has 7 heteroatoms. The third-order valence-electron chi connectivity index (χ3n) is 6.62. The lowest BCUT2D eigenvalue weighted by molar-refractivity contribution is 0.292. The second-order valence-corrected chi connectivity index (χ2v) is 9.82. The molecule has 1 N–H and O–H groups in total. The van der Waals surface area contributed by atoms with Crippen LogP contribution >= 0.6 is 23.2 Å². The molecule has 4 aromatic rings. The van der Waals surface area contributed by atoms with Crippen LogP contribution in [0.1, 0.15) is 30.4 Å². The molecule has 1 atom stereocenters. The zero-order valence-corrected chi connectivity index (χ0v) is 21.5. The average molecular weight is 524 g/mol. The number of hydrogen-bond acceptors (Lipinski definition) is 5.